The van der Waals surface area contributed by atoms with Gasteiger partial charge in [0, 0.05) is 44.0 Å². The molecule has 2 nitrogen and oxygen atoms in total. The minimum absolute atomic E-state index is 0.441. The van der Waals surface area contributed by atoms with E-state index in [-0.39, 0.29) is 0 Å². The summed E-state index contributed by atoms with van der Waals surface area (Å²) in [7, 11) is 0. The van der Waals surface area contributed by atoms with E-state index in [4.69, 9.17) is 0 Å². The van der Waals surface area contributed by atoms with Gasteiger partial charge in [-0.1, -0.05) is 80.1 Å². The van der Waals surface area contributed by atoms with E-state index in [9.17, 15) is 0 Å². The summed E-state index contributed by atoms with van der Waals surface area (Å²) in [5, 5.41) is 5.14. The van der Waals surface area contributed by atoms with Gasteiger partial charge in [-0.3, -0.25) is 0 Å². The molecule has 5 aromatic rings. The molecule has 0 saturated heterocycles. The number of allylic oxidation sites excluding steroid dienone is 3. The largest absolute Gasteiger partial charge is 0.310 e. The third kappa shape index (κ3) is 5.82. The lowest BCUT2D eigenvalue weighted by molar-refractivity contribution is 0.518. The number of hydrogen-bond donors (Lipinski definition) is 0. The maximum atomic E-state index is 2.56. The molecule has 2 aliphatic rings. The van der Waals surface area contributed by atoms with E-state index in [0.717, 1.165) is 12.8 Å². The van der Waals surface area contributed by atoms with Crippen LogP contribution < -0.4 is 20.2 Å². The molecule has 0 aliphatic heterocycles. The van der Waals surface area contributed by atoms with Gasteiger partial charge in [-0.05, 0) is 149 Å². The molecule has 0 amide bonds. The summed E-state index contributed by atoms with van der Waals surface area (Å²) in [5.41, 5.74) is 16.6. The van der Waals surface area contributed by atoms with Gasteiger partial charge in [0.05, 0.1) is 11.4 Å². The molecule has 0 fully saturated rings. The third-order valence-electron chi connectivity index (χ3n) is 11.4. The van der Waals surface area contributed by atoms with Crippen LogP contribution in [0.25, 0.3) is 22.9 Å². The minimum atomic E-state index is 0.441. The molecule has 0 aromatic heterocycles. The van der Waals surface area contributed by atoms with Gasteiger partial charge in [0.15, 0.2) is 0 Å². The Morgan fingerprint density at radius 1 is 0.510 bits per heavy atom. The summed E-state index contributed by atoms with van der Waals surface area (Å²) in [6, 6.07) is 29.9. The molecule has 0 spiro atoms. The highest BCUT2D eigenvalue weighted by Gasteiger charge is 2.28. The second-order valence-electron chi connectivity index (χ2n) is 14.7. The maximum absolute atomic E-state index is 2.56. The number of rotatable bonds is 6. The quantitative estimate of drug-likeness (QED) is 0.170. The topological polar surface area (TPSA) is 6.48 Å². The van der Waals surface area contributed by atoms with Crippen LogP contribution in [0, 0.1) is 53.4 Å². The van der Waals surface area contributed by atoms with E-state index in [1.807, 2.05) is 0 Å². The van der Waals surface area contributed by atoms with Crippen molar-refractivity contribution in [2.45, 2.75) is 75.2 Å². The fraction of sp³-hybridized carbons (Fsp3) is 0.277. The summed E-state index contributed by atoms with van der Waals surface area (Å²) in [6.07, 6.45) is 12.0. The van der Waals surface area contributed by atoms with E-state index < -0.39 is 0 Å². The fourth-order valence-electron chi connectivity index (χ4n) is 7.58. The van der Waals surface area contributed by atoms with Crippen LogP contribution in [0.1, 0.15) is 67.0 Å². The zero-order valence-corrected chi connectivity index (χ0v) is 30.8. The Kier molecular flexibility index (Phi) is 8.61. The SMILES string of the molecule is CC1=CC(N(c2ccc(C)c(C)c2)c2c3c(c(N(c4ccc(C)c(C)c4)c4ccc(C)c(C)c4)c4ccccc24)=CCCC=3)=CC(C)C1C. The molecule has 7 rings (SSSR count). The van der Waals surface area contributed by atoms with Gasteiger partial charge >= 0.3 is 0 Å². The smallest absolute Gasteiger partial charge is 0.0616 e. The van der Waals surface area contributed by atoms with Crippen LogP contribution >= 0.6 is 0 Å². The number of benzene rings is 5. The number of fused-ring (bicyclic) bond motifs is 2. The summed E-state index contributed by atoms with van der Waals surface area (Å²) < 4.78 is 0. The summed E-state index contributed by atoms with van der Waals surface area (Å²) in [4.78, 5) is 5.09. The van der Waals surface area contributed by atoms with Gasteiger partial charge in [-0.25, -0.2) is 0 Å². The molecule has 5 aromatic carbocycles. The standard InChI is InChI=1S/C47H50N2/c1-29-18-21-38(24-32(29)4)48(39-22-19-30(2)33(5)25-39)46-42-14-10-12-16-44(42)47(45-17-13-11-15-43(45)46)49(40-23-20-31(3)34(6)26-40)41-27-35(7)37(9)36(8)28-41/h10,12,14-28,35,37H,11,13H2,1-9H3. The van der Waals surface area contributed by atoms with Gasteiger partial charge in [0.25, 0.3) is 0 Å². The molecule has 2 unspecified atom stereocenters. The Balaban J connectivity index is 1.61. The van der Waals surface area contributed by atoms with Crippen molar-refractivity contribution in [1.82, 2.24) is 0 Å². The zero-order chi connectivity index (χ0) is 34.6. The Labute approximate surface area is 293 Å². The van der Waals surface area contributed by atoms with Gasteiger partial charge in [0.2, 0.25) is 0 Å². The van der Waals surface area contributed by atoms with E-state index >= 15 is 0 Å². The average Bonchev–Trinajstić information content (AvgIpc) is 3.09. The Hall–Kier alpha value is -4.82. The predicted molar refractivity (Wildman–Crippen MR) is 213 cm³/mol. The van der Waals surface area contributed by atoms with Gasteiger partial charge in [-0.15, -0.1) is 0 Å². The van der Waals surface area contributed by atoms with Crippen LogP contribution in [-0.4, -0.2) is 0 Å². The second kappa shape index (κ2) is 12.9. The van der Waals surface area contributed by atoms with Crippen LogP contribution in [0.15, 0.2) is 102 Å². The predicted octanol–water partition coefficient (Wildman–Crippen LogP) is 11.8. The molecule has 0 heterocycles. The van der Waals surface area contributed by atoms with E-state index in [2.05, 4.69) is 175 Å². The van der Waals surface area contributed by atoms with Crippen LogP contribution in [0.4, 0.5) is 28.4 Å². The second-order valence-corrected chi connectivity index (χ2v) is 14.7. The molecule has 0 saturated carbocycles. The Bertz CT molecular complexity index is 2250. The summed E-state index contributed by atoms with van der Waals surface area (Å²) in [5.74, 6) is 0.957. The molecule has 0 bridgehead atoms. The number of nitrogens with zero attached hydrogens (tertiary/aromatic N) is 2. The van der Waals surface area contributed by atoms with Crippen molar-refractivity contribution < 1.29 is 0 Å². The first-order valence-electron chi connectivity index (χ1n) is 18.0. The van der Waals surface area contributed by atoms with Crippen molar-refractivity contribution in [1.29, 1.82) is 0 Å². The lowest BCUT2D eigenvalue weighted by Gasteiger charge is -2.35. The van der Waals surface area contributed by atoms with E-state index in [0.29, 0.717) is 11.8 Å². The third-order valence-corrected chi connectivity index (χ3v) is 11.4. The van der Waals surface area contributed by atoms with Gasteiger partial charge < -0.3 is 9.80 Å². The highest BCUT2D eigenvalue weighted by molar-refractivity contribution is 6.07. The highest BCUT2D eigenvalue weighted by atomic mass is 15.2. The van der Waals surface area contributed by atoms with Crippen molar-refractivity contribution >= 4 is 51.4 Å². The Morgan fingerprint density at radius 2 is 0.939 bits per heavy atom. The van der Waals surface area contributed by atoms with Crippen LogP contribution in [-0.2, 0) is 0 Å². The molecule has 2 aliphatic carbocycles. The molecule has 0 N–H and O–H groups in total. The molecule has 2 heteroatoms. The molecule has 2 atom stereocenters. The zero-order valence-electron chi connectivity index (χ0n) is 30.8. The van der Waals surface area contributed by atoms with Crippen molar-refractivity contribution in [3.8, 4) is 0 Å². The normalized spacial score (nSPS) is 17.1. The monoisotopic (exact) mass is 642 g/mol. The molecular weight excluding hydrogens is 593 g/mol. The lowest BCUT2D eigenvalue weighted by atomic mass is 9.84. The Morgan fingerprint density at radius 3 is 1.37 bits per heavy atom. The molecule has 49 heavy (non-hydrogen) atoms. The van der Waals surface area contributed by atoms with Crippen molar-refractivity contribution in [3.63, 3.8) is 0 Å². The number of anilines is 5. The maximum Gasteiger partial charge on any atom is 0.0616 e. The number of hydrogen-bond acceptors (Lipinski definition) is 2. The first-order chi connectivity index (χ1) is 23.5. The molecular formula is C47H50N2. The first kappa shape index (κ1) is 32.7. The lowest BCUT2D eigenvalue weighted by Crippen LogP contribution is -2.38. The van der Waals surface area contributed by atoms with E-state index in [1.165, 1.54) is 94.3 Å². The van der Waals surface area contributed by atoms with Crippen LogP contribution in [0.3, 0.4) is 0 Å². The highest BCUT2D eigenvalue weighted by Crippen LogP contribution is 2.43. The van der Waals surface area contributed by atoms with E-state index in [1.54, 1.807) is 0 Å². The summed E-state index contributed by atoms with van der Waals surface area (Å²) >= 11 is 0. The summed E-state index contributed by atoms with van der Waals surface area (Å²) in [6.45, 7) is 20.3. The molecule has 0 radical (unpaired) electrons. The van der Waals surface area contributed by atoms with Crippen molar-refractivity contribution in [2.24, 2.45) is 11.8 Å². The van der Waals surface area contributed by atoms with Gasteiger partial charge in [0.1, 0.15) is 0 Å². The van der Waals surface area contributed by atoms with Crippen LogP contribution in [0.2, 0.25) is 0 Å². The number of aryl methyl sites for hydroxylation is 6. The van der Waals surface area contributed by atoms with Crippen molar-refractivity contribution in [3.05, 3.63) is 146 Å². The molecule has 248 valence electrons. The average molecular weight is 643 g/mol. The van der Waals surface area contributed by atoms with Crippen molar-refractivity contribution in [2.75, 3.05) is 9.80 Å². The minimum Gasteiger partial charge on any atom is -0.310 e. The van der Waals surface area contributed by atoms with Gasteiger partial charge in [-0.2, -0.15) is 0 Å². The van der Waals surface area contributed by atoms with Crippen LogP contribution in [0.5, 0.6) is 0 Å². The first-order valence-corrected chi connectivity index (χ1v) is 18.0. The fourth-order valence-corrected chi connectivity index (χ4v) is 7.58.